The molecule has 5 aliphatic rings. The van der Waals surface area contributed by atoms with Gasteiger partial charge in [-0.2, -0.15) is 4.31 Å². The van der Waals surface area contributed by atoms with Gasteiger partial charge in [-0.05, 0) is 99.3 Å². The van der Waals surface area contributed by atoms with E-state index in [0.717, 1.165) is 49.9 Å². The third-order valence-corrected chi connectivity index (χ3v) is 10.1. The Morgan fingerprint density at radius 2 is 1.71 bits per heavy atom. The molecule has 170 valence electrons. The lowest BCUT2D eigenvalue weighted by molar-refractivity contribution is -0.146. The summed E-state index contributed by atoms with van der Waals surface area (Å²) in [7, 11) is -1.96. The zero-order valence-electron chi connectivity index (χ0n) is 18.4. The molecular formula is C24H34N2O4S. The minimum Gasteiger partial charge on any atom is -0.497 e. The quantitative estimate of drug-likeness (QED) is 0.726. The summed E-state index contributed by atoms with van der Waals surface area (Å²) in [5, 5.41) is 3.26. The fourth-order valence-electron chi connectivity index (χ4n) is 7.12. The van der Waals surface area contributed by atoms with Crippen molar-refractivity contribution in [2.24, 2.45) is 29.1 Å². The maximum atomic E-state index is 13.2. The van der Waals surface area contributed by atoms with Crippen LogP contribution in [0.2, 0.25) is 0 Å². The molecule has 1 N–H and O–H groups in total. The number of nitrogens with zero attached hydrogens (tertiary/aromatic N) is 1. The standard InChI is InChI=1S/C24H34N2O4S/c1-30-21-4-6-22(7-5-21)31(28,29)26-8-2-3-17(16-26)15-25-23(27)24-12-18-9-19(13-24)11-20(10-18)14-24/h4-7,17-20H,2-3,8-16H2,1H3,(H,25,27). The van der Waals surface area contributed by atoms with Gasteiger partial charge in [-0.25, -0.2) is 8.42 Å². The molecule has 7 heteroatoms. The second kappa shape index (κ2) is 8.07. The van der Waals surface area contributed by atoms with Crippen molar-refractivity contribution in [2.45, 2.75) is 56.3 Å². The van der Waals surface area contributed by atoms with Crippen LogP contribution in [0.15, 0.2) is 29.2 Å². The van der Waals surface area contributed by atoms with Gasteiger partial charge in [-0.3, -0.25) is 4.79 Å². The molecule has 0 aromatic heterocycles. The minimum atomic E-state index is -3.53. The molecule has 1 aromatic carbocycles. The van der Waals surface area contributed by atoms with Crippen molar-refractivity contribution in [3.05, 3.63) is 24.3 Å². The number of sulfonamides is 1. The van der Waals surface area contributed by atoms with Crippen molar-refractivity contribution < 1.29 is 17.9 Å². The van der Waals surface area contributed by atoms with E-state index in [0.29, 0.717) is 30.3 Å². The Balaban J connectivity index is 1.20. The highest BCUT2D eigenvalue weighted by Crippen LogP contribution is 2.60. The summed E-state index contributed by atoms with van der Waals surface area (Å²) in [5.74, 6) is 3.29. The van der Waals surface area contributed by atoms with Gasteiger partial charge in [0, 0.05) is 25.0 Å². The lowest BCUT2D eigenvalue weighted by Crippen LogP contribution is -2.54. The van der Waals surface area contributed by atoms with Crippen LogP contribution >= 0.6 is 0 Å². The van der Waals surface area contributed by atoms with E-state index >= 15 is 0 Å². The number of hydrogen-bond acceptors (Lipinski definition) is 4. The average Bonchev–Trinajstić information content (AvgIpc) is 2.77. The van der Waals surface area contributed by atoms with Gasteiger partial charge in [-0.1, -0.05) is 0 Å². The molecule has 4 aliphatic carbocycles. The van der Waals surface area contributed by atoms with Gasteiger partial charge in [0.2, 0.25) is 15.9 Å². The SMILES string of the molecule is COc1ccc(S(=O)(=O)N2CCCC(CNC(=O)C34CC5CC(CC(C5)C3)C4)C2)cc1. The molecule has 4 saturated carbocycles. The topological polar surface area (TPSA) is 75.7 Å². The number of methoxy groups -OCH3 is 1. The molecule has 1 unspecified atom stereocenters. The van der Waals surface area contributed by atoms with Crippen LogP contribution in [0, 0.1) is 29.1 Å². The Hall–Kier alpha value is -1.60. The molecule has 0 spiro atoms. The Kier molecular flexibility index (Phi) is 5.53. The van der Waals surface area contributed by atoms with Crippen LogP contribution in [0.4, 0.5) is 0 Å². The van der Waals surface area contributed by atoms with E-state index in [4.69, 9.17) is 4.74 Å². The van der Waals surface area contributed by atoms with Crippen molar-refractivity contribution in [2.75, 3.05) is 26.7 Å². The van der Waals surface area contributed by atoms with E-state index in [-0.39, 0.29) is 17.2 Å². The average molecular weight is 447 g/mol. The molecule has 1 saturated heterocycles. The van der Waals surface area contributed by atoms with Gasteiger partial charge >= 0.3 is 0 Å². The first-order chi connectivity index (χ1) is 14.9. The van der Waals surface area contributed by atoms with E-state index in [1.54, 1.807) is 35.7 Å². The smallest absolute Gasteiger partial charge is 0.243 e. The third-order valence-electron chi connectivity index (χ3n) is 8.25. The summed E-state index contributed by atoms with van der Waals surface area (Å²) in [5.41, 5.74) is -0.141. The highest BCUT2D eigenvalue weighted by Gasteiger charge is 2.54. The van der Waals surface area contributed by atoms with Crippen LogP contribution in [0.25, 0.3) is 0 Å². The summed E-state index contributed by atoms with van der Waals surface area (Å²) < 4.78 is 32.9. The summed E-state index contributed by atoms with van der Waals surface area (Å²) in [6, 6.07) is 6.57. The number of benzene rings is 1. The normalized spacial score (nSPS) is 35.1. The number of hydrogen-bond donors (Lipinski definition) is 1. The number of carbonyl (C=O) groups excluding carboxylic acids is 1. The Bertz CT molecular complexity index is 892. The number of nitrogens with one attached hydrogen (secondary N) is 1. The van der Waals surface area contributed by atoms with Crippen molar-refractivity contribution in [1.82, 2.24) is 9.62 Å². The predicted molar refractivity (Wildman–Crippen MR) is 118 cm³/mol. The molecule has 1 aliphatic heterocycles. The number of amides is 1. The van der Waals surface area contributed by atoms with Crippen LogP contribution in [-0.2, 0) is 14.8 Å². The van der Waals surface area contributed by atoms with Crippen LogP contribution < -0.4 is 10.1 Å². The molecule has 1 amide bonds. The fourth-order valence-corrected chi connectivity index (χ4v) is 8.68. The Morgan fingerprint density at radius 3 is 2.29 bits per heavy atom. The highest BCUT2D eigenvalue weighted by atomic mass is 32.2. The summed E-state index contributed by atoms with van der Waals surface area (Å²) >= 11 is 0. The number of rotatable bonds is 6. The van der Waals surface area contributed by atoms with Gasteiger partial charge in [0.25, 0.3) is 0 Å². The highest BCUT2D eigenvalue weighted by molar-refractivity contribution is 7.89. The summed E-state index contributed by atoms with van der Waals surface area (Å²) in [6.07, 6.45) is 8.95. The molecule has 1 heterocycles. The second-order valence-electron chi connectivity index (χ2n) is 10.5. The first-order valence-corrected chi connectivity index (χ1v) is 13.2. The van der Waals surface area contributed by atoms with Gasteiger partial charge in [0.05, 0.1) is 12.0 Å². The van der Waals surface area contributed by atoms with Crippen LogP contribution in [0.3, 0.4) is 0 Å². The fraction of sp³-hybridized carbons (Fsp3) is 0.708. The zero-order chi connectivity index (χ0) is 21.6. The minimum absolute atomic E-state index is 0.141. The van der Waals surface area contributed by atoms with Crippen molar-refractivity contribution in [3.63, 3.8) is 0 Å². The van der Waals surface area contributed by atoms with Crippen LogP contribution in [0.5, 0.6) is 5.75 Å². The number of piperidine rings is 1. The monoisotopic (exact) mass is 446 g/mol. The van der Waals surface area contributed by atoms with Gasteiger partial charge < -0.3 is 10.1 Å². The third kappa shape index (κ3) is 3.99. The molecule has 6 nitrogen and oxygen atoms in total. The summed E-state index contributed by atoms with van der Waals surface area (Å²) in [4.78, 5) is 13.5. The van der Waals surface area contributed by atoms with E-state index in [1.165, 1.54) is 19.3 Å². The van der Waals surface area contributed by atoms with E-state index < -0.39 is 10.0 Å². The largest absolute Gasteiger partial charge is 0.497 e. The molecule has 0 radical (unpaired) electrons. The van der Waals surface area contributed by atoms with Crippen molar-refractivity contribution in [3.8, 4) is 5.75 Å². The maximum Gasteiger partial charge on any atom is 0.243 e. The Labute approximate surface area is 185 Å². The van der Waals surface area contributed by atoms with E-state index in [1.807, 2.05) is 0 Å². The molecule has 1 atom stereocenters. The molecular weight excluding hydrogens is 412 g/mol. The molecule has 31 heavy (non-hydrogen) atoms. The van der Waals surface area contributed by atoms with Gasteiger partial charge in [-0.15, -0.1) is 0 Å². The second-order valence-corrected chi connectivity index (χ2v) is 12.4. The molecule has 4 bridgehead atoms. The lowest BCUT2D eigenvalue weighted by Gasteiger charge is -2.55. The van der Waals surface area contributed by atoms with Crippen molar-refractivity contribution >= 4 is 15.9 Å². The zero-order valence-corrected chi connectivity index (χ0v) is 19.2. The number of ether oxygens (including phenoxy) is 1. The predicted octanol–water partition coefficient (Wildman–Crippen LogP) is 3.43. The molecule has 5 fully saturated rings. The first-order valence-electron chi connectivity index (χ1n) is 11.8. The summed E-state index contributed by atoms with van der Waals surface area (Å²) in [6.45, 7) is 1.58. The van der Waals surface area contributed by atoms with Gasteiger partial charge in [0.1, 0.15) is 5.75 Å². The van der Waals surface area contributed by atoms with Crippen LogP contribution in [-0.4, -0.2) is 45.4 Å². The lowest BCUT2D eigenvalue weighted by atomic mass is 9.49. The van der Waals surface area contributed by atoms with E-state index in [9.17, 15) is 13.2 Å². The maximum absolute atomic E-state index is 13.2. The number of carbonyl (C=O) groups is 1. The Morgan fingerprint density at radius 1 is 1.10 bits per heavy atom. The van der Waals surface area contributed by atoms with Gasteiger partial charge in [0.15, 0.2) is 0 Å². The van der Waals surface area contributed by atoms with E-state index in [2.05, 4.69) is 5.32 Å². The van der Waals surface area contributed by atoms with Crippen molar-refractivity contribution in [1.29, 1.82) is 0 Å². The molecule has 1 aromatic rings. The first kappa shape index (κ1) is 21.3. The van der Waals surface area contributed by atoms with Crippen LogP contribution in [0.1, 0.15) is 51.4 Å². The molecule has 6 rings (SSSR count).